The first kappa shape index (κ1) is 34.9. The number of aryl methyl sites for hydroxylation is 2. The Balaban J connectivity index is 3.57. The fourth-order valence-electron chi connectivity index (χ4n) is 4.52. The van der Waals surface area contributed by atoms with Crippen LogP contribution in [0.15, 0.2) is 18.2 Å². The minimum Gasteiger partial charge on any atom is -0.468 e. The van der Waals surface area contributed by atoms with E-state index < -0.39 is 35.7 Å². The monoisotopic (exact) mass is 561 g/mol. The lowest BCUT2D eigenvalue weighted by Crippen LogP contribution is -2.55. The standard InChI is InChI=1S/C31H51N3O6/c1-10-12-13-14-15-16-34(29(37)26(23(5)11-2)33-30(38)40-31(6,7)8)27(28(36)32-20-25(35)39-9)24-18-21(3)17-22(4)19-24/h17-19,23,26-27H,10-16,20H2,1-9H3,(H,32,36)(H,33,38). The summed E-state index contributed by atoms with van der Waals surface area (Å²) in [6.07, 6.45) is 4.72. The Labute approximate surface area is 240 Å². The number of alkyl carbamates (subject to hydrolysis) is 1. The number of methoxy groups -OCH3 is 1. The summed E-state index contributed by atoms with van der Waals surface area (Å²) in [6.45, 7) is 15.1. The van der Waals surface area contributed by atoms with Crippen molar-refractivity contribution in [2.75, 3.05) is 20.2 Å². The molecule has 0 saturated carbocycles. The second kappa shape index (κ2) is 16.9. The molecule has 1 aromatic rings. The topological polar surface area (TPSA) is 114 Å². The number of amides is 3. The fraction of sp³-hybridized carbons (Fsp3) is 0.677. The maximum atomic E-state index is 14.3. The van der Waals surface area contributed by atoms with Crippen LogP contribution in [0.4, 0.5) is 4.79 Å². The summed E-state index contributed by atoms with van der Waals surface area (Å²) in [7, 11) is 1.25. The van der Waals surface area contributed by atoms with Crippen molar-refractivity contribution in [1.29, 1.82) is 0 Å². The van der Waals surface area contributed by atoms with Crippen LogP contribution in [0, 0.1) is 19.8 Å². The van der Waals surface area contributed by atoms with Gasteiger partial charge in [0.15, 0.2) is 0 Å². The zero-order valence-corrected chi connectivity index (χ0v) is 26.0. The number of nitrogens with zero attached hydrogens (tertiary/aromatic N) is 1. The largest absolute Gasteiger partial charge is 0.468 e. The molecule has 40 heavy (non-hydrogen) atoms. The smallest absolute Gasteiger partial charge is 0.408 e. The average Bonchev–Trinajstić information content (AvgIpc) is 2.86. The number of unbranched alkanes of at least 4 members (excludes halogenated alkanes) is 4. The molecule has 0 heterocycles. The maximum Gasteiger partial charge on any atom is 0.408 e. The Bertz CT molecular complexity index is 968. The van der Waals surface area contributed by atoms with Crippen molar-refractivity contribution in [2.45, 2.75) is 112 Å². The molecule has 0 aliphatic rings. The third-order valence-electron chi connectivity index (χ3n) is 6.69. The minimum atomic E-state index is -1.01. The van der Waals surface area contributed by atoms with E-state index in [1.807, 2.05) is 45.9 Å². The quantitative estimate of drug-likeness (QED) is 0.220. The predicted octanol–water partition coefficient (Wildman–Crippen LogP) is 5.37. The third-order valence-corrected chi connectivity index (χ3v) is 6.69. The maximum absolute atomic E-state index is 14.3. The van der Waals surface area contributed by atoms with Crippen LogP contribution in [0.25, 0.3) is 0 Å². The molecule has 0 radical (unpaired) electrons. The number of hydrogen-bond acceptors (Lipinski definition) is 6. The Hall–Kier alpha value is -3.10. The molecule has 9 heteroatoms. The lowest BCUT2D eigenvalue weighted by atomic mass is 9.94. The van der Waals surface area contributed by atoms with E-state index in [0.29, 0.717) is 24.9 Å². The third kappa shape index (κ3) is 12.0. The summed E-state index contributed by atoms with van der Waals surface area (Å²) in [4.78, 5) is 54.2. The van der Waals surface area contributed by atoms with Gasteiger partial charge in [-0.05, 0) is 52.5 Å². The van der Waals surface area contributed by atoms with Crippen LogP contribution >= 0.6 is 0 Å². The van der Waals surface area contributed by atoms with E-state index in [1.165, 1.54) is 7.11 Å². The predicted molar refractivity (Wildman–Crippen MR) is 157 cm³/mol. The molecule has 2 N–H and O–H groups in total. The van der Waals surface area contributed by atoms with Gasteiger partial charge < -0.3 is 25.0 Å². The molecule has 0 bridgehead atoms. The second-order valence-corrected chi connectivity index (χ2v) is 11.6. The molecule has 3 unspecified atom stereocenters. The number of hydrogen-bond donors (Lipinski definition) is 2. The van der Waals surface area contributed by atoms with Gasteiger partial charge in [-0.15, -0.1) is 0 Å². The highest BCUT2D eigenvalue weighted by molar-refractivity contribution is 5.93. The molecule has 1 aromatic carbocycles. The molecule has 0 spiro atoms. The van der Waals surface area contributed by atoms with Gasteiger partial charge >= 0.3 is 12.1 Å². The van der Waals surface area contributed by atoms with Crippen molar-refractivity contribution in [3.8, 4) is 0 Å². The van der Waals surface area contributed by atoms with Crippen LogP contribution in [-0.2, 0) is 23.9 Å². The van der Waals surface area contributed by atoms with Crippen molar-refractivity contribution >= 4 is 23.9 Å². The first-order valence-electron chi connectivity index (χ1n) is 14.5. The molecule has 9 nitrogen and oxygen atoms in total. The van der Waals surface area contributed by atoms with Gasteiger partial charge in [-0.25, -0.2) is 4.79 Å². The lowest BCUT2D eigenvalue weighted by molar-refractivity contribution is -0.145. The van der Waals surface area contributed by atoms with Crippen LogP contribution in [0.1, 0.15) is 103 Å². The Kier molecular flexibility index (Phi) is 14.7. The summed E-state index contributed by atoms with van der Waals surface area (Å²) in [5.41, 5.74) is 1.80. The highest BCUT2D eigenvalue weighted by atomic mass is 16.6. The normalized spacial score (nSPS) is 13.5. The molecule has 226 valence electrons. The molecular formula is C31H51N3O6. The number of rotatable bonds is 15. The lowest BCUT2D eigenvalue weighted by Gasteiger charge is -2.36. The van der Waals surface area contributed by atoms with Crippen LogP contribution in [0.5, 0.6) is 0 Å². The van der Waals surface area contributed by atoms with Crippen molar-refractivity contribution in [1.82, 2.24) is 15.5 Å². The van der Waals surface area contributed by atoms with E-state index >= 15 is 0 Å². The highest BCUT2D eigenvalue weighted by Gasteiger charge is 2.38. The number of esters is 1. The van der Waals surface area contributed by atoms with Crippen LogP contribution in [-0.4, -0.2) is 60.6 Å². The molecular weight excluding hydrogens is 510 g/mol. The SMILES string of the molecule is CCCCCCCN(C(=O)C(NC(=O)OC(C)(C)C)C(C)CC)C(C(=O)NCC(=O)OC)c1cc(C)cc(C)c1. The van der Waals surface area contributed by atoms with Crippen LogP contribution in [0.3, 0.4) is 0 Å². The summed E-state index contributed by atoms with van der Waals surface area (Å²) < 4.78 is 10.2. The van der Waals surface area contributed by atoms with Crippen molar-refractivity contribution in [2.24, 2.45) is 5.92 Å². The van der Waals surface area contributed by atoms with Gasteiger partial charge in [-0.2, -0.15) is 0 Å². The van der Waals surface area contributed by atoms with E-state index in [9.17, 15) is 19.2 Å². The Morgan fingerprint density at radius 2 is 1.55 bits per heavy atom. The van der Waals surface area contributed by atoms with E-state index in [4.69, 9.17) is 9.47 Å². The number of benzene rings is 1. The zero-order chi connectivity index (χ0) is 30.5. The molecule has 0 saturated heterocycles. The van der Waals surface area contributed by atoms with Crippen LogP contribution in [0.2, 0.25) is 0 Å². The average molecular weight is 562 g/mol. The van der Waals surface area contributed by atoms with Crippen molar-refractivity contribution < 1.29 is 28.7 Å². The van der Waals surface area contributed by atoms with Gasteiger partial charge in [-0.1, -0.05) is 82.2 Å². The summed E-state index contributed by atoms with van der Waals surface area (Å²) in [5, 5.41) is 5.44. The minimum absolute atomic E-state index is 0.222. The highest BCUT2D eigenvalue weighted by Crippen LogP contribution is 2.27. The number of nitrogens with one attached hydrogen (secondary N) is 2. The summed E-state index contributed by atoms with van der Waals surface area (Å²) in [5.74, 6) is -1.67. The van der Waals surface area contributed by atoms with Gasteiger partial charge in [0.25, 0.3) is 0 Å². The summed E-state index contributed by atoms with van der Waals surface area (Å²) >= 11 is 0. The fourth-order valence-corrected chi connectivity index (χ4v) is 4.52. The van der Waals surface area contributed by atoms with E-state index in [1.54, 1.807) is 25.7 Å². The van der Waals surface area contributed by atoms with Gasteiger partial charge in [-0.3, -0.25) is 14.4 Å². The molecule has 3 atom stereocenters. The molecule has 0 aliphatic heterocycles. The molecule has 0 aliphatic carbocycles. The van der Waals surface area contributed by atoms with Crippen molar-refractivity contribution in [3.05, 3.63) is 34.9 Å². The van der Waals surface area contributed by atoms with E-state index in [2.05, 4.69) is 17.6 Å². The molecule has 1 rings (SSSR count). The zero-order valence-electron chi connectivity index (χ0n) is 26.0. The van der Waals surface area contributed by atoms with Gasteiger partial charge in [0.2, 0.25) is 11.8 Å². The molecule has 0 aromatic heterocycles. The van der Waals surface area contributed by atoms with Crippen LogP contribution < -0.4 is 10.6 Å². The van der Waals surface area contributed by atoms with E-state index in [-0.39, 0.29) is 18.4 Å². The Morgan fingerprint density at radius 1 is 0.950 bits per heavy atom. The number of ether oxygens (including phenoxy) is 2. The van der Waals surface area contributed by atoms with Crippen molar-refractivity contribution in [3.63, 3.8) is 0 Å². The van der Waals surface area contributed by atoms with Gasteiger partial charge in [0, 0.05) is 6.54 Å². The first-order chi connectivity index (χ1) is 18.7. The van der Waals surface area contributed by atoms with Gasteiger partial charge in [0.05, 0.1) is 7.11 Å². The number of carbonyl (C=O) groups is 4. The Morgan fingerprint density at radius 3 is 2.08 bits per heavy atom. The van der Waals surface area contributed by atoms with Gasteiger partial charge in [0.1, 0.15) is 24.2 Å². The number of carbonyl (C=O) groups excluding carboxylic acids is 4. The summed E-state index contributed by atoms with van der Waals surface area (Å²) in [6, 6.07) is 3.85. The van der Waals surface area contributed by atoms with E-state index in [0.717, 1.165) is 36.8 Å². The molecule has 0 fully saturated rings. The molecule has 3 amide bonds. The second-order valence-electron chi connectivity index (χ2n) is 11.6. The first-order valence-corrected chi connectivity index (χ1v) is 14.5.